The number of hydrogen-bond acceptors (Lipinski definition) is 10. The van der Waals surface area contributed by atoms with E-state index in [0.29, 0.717) is 29.8 Å². The Hall–Kier alpha value is -3.19. The Morgan fingerprint density at radius 2 is 1.16 bits per heavy atom. The van der Waals surface area contributed by atoms with Gasteiger partial charge in [-0.3, -0.25) is 20.2 Å². The molecule has 0 aromatic carbocycles. The highest BCUT2D eigenvalue weighted by molar-refractivity contribution is 6.41. The van der Waals surface area contributed by atoms with Crippen LogP contribution in [-0.2, 0) is 0 Å². The van der Waals surface area contributed by atoms with Crippen LogP contribution in [0.1, 0.15) is 28.7 Å². The molecular formula is C21H26Cl4N6O6. The second-order valence-electron chi connectivity index (χ2n) is 5.88. The molecule has 0 spiro atoms. The zero-order valence-corrected chi connectivity index (χ0v) is 21.2. The van der Waals surface area contributed by atoms with Gasteiger partial charge in [0.25, 0.3) is 11.4 Å². The SMILES string of the molecule is C.C.CCOc1ncc(N)cc1Cl.CCOc1ncc([N+](=O)[O-])cc1Cl.O=[N+]([O-])c1cnc(Cl)c(Cl)c1. The predicted molar refractivity (Wildman–Crippen MR) is 146 cm³/mol. The molecule has 2 N–H and O–H groups in total. The van der Waals surface area contributed by atoms with Gasteiger partial charge in [-0.05, 0) is 19.9 Å². The van der Waals surface area contributed by atoms with Gasteiger partial charge in [-0.15, -0.1) is 0 Å². The van der Waals surface area contributed by atoms with E-state index in [1.54, 1.807) is 13.0 Å². The summed E-state index contributed by atoms with van der Waals surface area (Å²) in [4.78, 5) is 30.3. The second-order valence-corrected chi connectivity index (χ2v) is 7.46. The molecular weight excluding hydrogens is 574 g/mol. The third kappa shape index (κ3) is 12.6. The van der Waals surface area contributed by atoms with Gasteiger partial charge in [-0.25, -0.2) is 15.0 Å². The number of aromatic nitrogens is 3. The lowest BCUT2D eigenvalue weighted by molar-refractivity contribution is -0.385. The fourth-order valence-electron chi connectivity index (χ4n) is 1.95. The summed E-state index contributed by atoms with van der Waals surface area (Å²) in [5.74, 6) is 0.651. The summed E-state index contributed by atoms with van der Waals surface area (Å²) in [7, 11) is 0. The normalized spacial score (nSPS) is 9.14. The van der Waals surface area contributed by atoms with Crippen LogP contribution in [0.5, 0.6) is 11.8 Å². The molecule has 0 unspecified atom stereocenters. The van der Waals surface area contributed by atoms with Crippen LogP contribution >= 0.6 is 46.4 Å². The summed E-state index contributed by atoms with van der Waals surface area (Å²) in [5, 5.41) is 21.2. The van der Waals surface area contributed by atoms with Crippen molar-refractivity contribution in [3.8, 4) is 11.8 Å². The van der Waals surface area contributed by atoms with Gasteiger partial charge in [0.1, 0.15) is 27.6 Å². The second kappa shape index (κ2) is 18.1. The number of ether oxygens (including phenoxy) is 2. The third-order valence-corrected chi connectivity index (χ3v) is 4.61. The maximum atomic E-state index is 10.3. The van der Waals surface area contributed by atoms with Gasteiger partial charge in [-0.1, -0.05) is 61.3 Å². The molecule has 0 atom stereocenters. The molecule has 0 amide bonds. The van der Waals surface area contributed by atoms with Crippen LogP contribution in [0, 0.1) is 20.2 Å². The summed E-state index contributed by atoms with van der Waals surface area (Å²) in [6.07, 6.45) is 3.67. The Labute approximate surface area is 234 Å². The van der Waals surface area contributed by atoms with Gasteiger partial charge in [-0.2, -0.15) is 0 Å². The maximum absolute atomic E-state index is 10.3. The van der Waals surface area contributed by atoms with E-state index in [0.717, 1.165) is 18.5 Å². The zero-order chi connectivity index (χ0) is 26.5. The first kappa shape index (κ1) is 36.0. The van der Waals surface area contributed by atoms with Gasteiger partial charge in [0.15, 0.2) is 0 Å². The van der Waals surface area contributed by atoms with Crippen LogP contribution in [0.4, 0.5) is 17.1 Å². The molecule has 37 heavy (non-hydrogen) atoms. The molecule has 0 aliphatic heterocycles. The van der Waals surface area contributed by atoms with Crippen LogP contribution in [0.2, 0.25) is 20.2 Å². The predicted octanol–water partition coefficient (Wildman–Crippen LogP) is 7.33. The first-order valence-corrected chi connectivity index (χ1v) is 10.9. The lowest BCUT2D eigenvalue weighted by atomic mass is 10.4. The first-order chi connectivity index (χ1) is 16.5. The number of nitro groups is 2. The smallest absolute Gasteiger partial charge is 0.289 e. The van der Waals surface area contributed by atoms with E-state index in [2.05, 4.69) is 15.0 Å². The van der Waals surface area contributed by atoms with Gasteiger partial charge >= 0.3 is 0 Å². The number of nitrogens with two attached hydrogens (primary N) is 1. The minimum Gasteiger partial charge on any atom is -0.477 e. The number of halogens is 4. The molecule has 0 fully saturated rings. The van der Waals surface area contributed by atoms with Crippen molar-refractivity contribution >= 4 is 63.5 Å². The van der Waals surface area contributed by atoms with Crippen molar-refractivity contribution in [2.45, 2.75) is 28.7 Å². The van der Waals surface area contributed by atoms with Crippen LogP contribution in [-0.4, -0.2) is 38.0 Å². The summed E-state index contributed by atoms with van der Waals surface area (Å²) < 4.78 is 10.1. The number of hydrogen-bond donors (Lipinski definition) is 1. The molecule has 12 nitrogen and oxygen atoms in total. The van der Waals surface area contributed by atoms with Gasteiger partial charge in [0, 0.05) is 12.1 Å². The number of pyridine rings is 3. The number of nitrogen functional groups attached to an aromatic ring is 1. The minimum atomic E-state index is -0.588. The standard InChI is InChI=1S/C7H7ClN2O3.C7H9ClN2O.C5H2Cl2N2O2.2CH4/c1-2-13-7-6(8)3-5(4-9-7)10(11)12;1-2-11-7-6(8)3-5(9)4-10-7;6-4-1-3(9(10)11)2-8-5(4)7;;/h3-4H,2H2,1H3;3-4H,2,9H2,1H3;1-2H;2*1H4. The molecule has 3 aromatic rings. The summed E-state index contributed by atoms with van der Waals surface area (Å²) in [6.45, 7) is 4.62. The highest BCUT2D eigenvalue weighted by atomic mass is 35.5. The summed E-state index contributed by atoms with van der Waals surface area (Å²) >= 11 is 22.3. The van der Waals surface area contributed by atoms with E-state index in [-0.39, 0.29) is 47.3 Å². The van der Waals surface area contributed by atoms with Crippen molar-refractivity contribution in [3.05, 3.63) is 77.2 Å². The quantitative estimate of drug-likeness (QED) is 0.172. The monoisotopic (exact) mass is 598 g/mol. The molecule has 0 bridgehead atoms. The molecule has 0 aliphatic carbocycles. The van der Waals surface area contributed by atoms with Crippen molar-refractivity contribution in [2.24, 2.45) is 0 Å². The van der Waals surface area contributed by atoms with E-state index >= 15 is 0 Å². The van der Waals surface area contributed by atoms with E-state index < -0.39 is 9.85 Å². The Balaban J connectivity index is 0. The van der Waals surface area contributed by atoms with E-state index in [1.807, 2.05) is 6.92 Å². The molecule has 3 heterocycles. The minimum absolute atomic E-state index is 0. The zero-order valence-electron chi connectivity index (χ0n) is 18.2. The Kier molecular flexibility index (Phi) is 17.6. The lowest BCUT2D eigenvalue weighted by Crippen LogP contribution is -1.96. The van der Waals surface area contributed by atoms with Crippen molar-refractivity contribution in [3.63, 3.8) is 0 Å². The molecule has 0 aliphatic rings. The highest BCUT2D eigenvalue weighted by Crippen LogP contribution is 2.26. The maximum Gasteiger partial charge on any atom is 0.289 e. The number of rotatable bonds is 6. The van der Waals surface area contributed by atoms with Gasteiger partial charge in [0.2, 0.25) is 11.8 Å². The number of nitrogens with zero attached hydrogens (tertiary/aromatic N) is 5. The average molecular weight is 600 g/mol. The molecule has 16 heteroatoms. The first-order valence-electron chi connectivity index (χ1n) is 9.42. The number of anilines is 1. The fraction of sp³-hybridized carbons (Fsp3) is 0.286. The highest BCUT2D eigenvalue weighted by Gasteiger charge is 2.11. The topological polar surface area (TPSA) is 169 Å². The van der Waals surface area contributed by atoms with Gasteiger partial charge in [0.05, 0.1) is 40.0 Å². The Morgan fingerprint density at radius 3 is 1.54 bits per heavy atom. The van der Waals surface area contributed by atoms with Crippen molar-refractivity contribution < 1.29 is 19.3 Å². The van der Waals surface area contributed by atoms with Crippen LogP contribution < -0.4 is 15.2 Å². The van der Waals surface area contributed by atoms with E-state index in [1.165, 1.54) is 12.3 Å². The van der Waals surface area contributed by atoms with Gasteiger partial charge < -0.3 is 15.2 Å². The molecule has 3 rings (SSSR count). The average Bonchev–Trinajstić information content (AvgIpc) is 2.80. The van der Waals surface area contributed by atoms with Crippen molar-refractivity contribution in [1.82, 2.24) is 15.0 Å². The van der Waals surface area contributed by atoms with Crippen LogP contribution in [0.3, 0.4) is 0 Å². The Morgan fingerprint density at radius 1 is 0.757 bits per heavy atom. The van der Waals surface area contributed by atoms with Crippen LogP contribution in [0.15, 0.2) is 36.8 Å². The van der Waals surface area contributed by atoms with Crippen molar-refractivity contribution in [1.29, 1.82) is 0 Å². The summed E-state index contributed by atoms with van der Waals surface area (Å²) in [6, 6.07) is 3.97. The molecule has 3 aromatic heterocycles. The van der Waals surface area contributed by atoms with Crippen molar-refractivity contribution in [2.75, 3.05) is 18.9 Å². The largest absolute Gasteiger partial charge is 0.477 e. The fourth-order valence-corrected chi connectivity index (χ4v) is 2.66. The van der Waals surface area contributed by atoms with E-state index in [9.17, 15) is 20.2 Å². The van der Waals surface area contributed by atoms with Crippen LogP contribution in [0.25, 0.3) is 0 Å². The molecule has 204 valence electrons. The molecule has 0 radical (unpaired) electrons. The third-order valence-electron chi connectivity index (χ3n) is 3.39. The summed E-state index contributed by atoms with van der Waals surface area (Å²) in [5.41, 5.74) is 5.65. The lowest BCUT2D eigenvalue weighted by Gasteiger charge is -2.03. The van der Waals surface area contributed by atoms with E-state index in [4.69, 9.17) is 61.6 Å². The Bertz CT molecular complexity index is 1170. The molecule has 0 saturated carbocycles. The molecule has 0 saturated heterocycles.